The highest BCUT2D eigenvalue weighted by Gasteiger charge is 2.13. The molecule has 1 aromatic heterocycles. The van der Waals surface area contributed by atoms with Crippen molar-refractivity contribution < 1.29 is 9.21 Å². The minimum absolute atomic E-state index is 0.110. The number of carbonyl (C=O) groups is 1. The van der Waals surface area contributed by atoms with Crippen LogP contribution in [0.15, 0.2) is 65.3 Å². The van der Waals surface area contributed by atoms with Gasteiger partial charge >= 0.3 is 0 Å². The fraction of sp³-hybridized carbons (Fsp3) is 0.200. The van der Waals surface area contributed by atoms with Gasteiger partial charge in [-0.2, -0.15) is 5.26 Å². The Morgan fingerprint density at radius 2 is 1.96 bits per heavy atom. The zero-order valence-electron chi connectivity index (χ0n) is 13.8. The summed E-state index contributed by atoms with van der Waals surface area (Å²) in [5.41, 5.74) is 0.793. The molecule has 0 aliphatic carbocycles. The highest BCUT2D eigenvalue weighted by molar-refractivity contribution is 6.02. The summed E-state index contributed by atoms with van der Waals surface area (Å²) in [6, 6.07) is 19.6. The summed E-state index contributed by atoms with van der Waals surface area (Å²) in [5.74, 6) is 0.664. The Labute approximate surface area is 146 Å². The third-order valence-corrected chi connectivity index (χ3v) is 3.93. The molecule has 25 heavy (non-hydrogen) atoms. The normalized spacial score (nSPS) is 10.7. The molecular formula is C20H19N3O2. The van der Waals surface area contributed by atoms with E-state index >= 15 is 0 Å². The Morgan fingerprint density at radius 1 is 1.12 bits per heavy atom. The largest absolute Gasteiger partial charge is 0.468 e. The van der Waals surface area contributed by atoms with Crippen molar-refractivity contribution in [3.63, 3.8) is 0 Å². The molecule has 0 aliphatic rings. The number of rotatable bonds is 7. The van der Waals surface area contributed by atoms with Gasteiger partial charge in [0.1, 0.15) is 5.76 Å². The van der Waals surface area contributed by atoms with Crippen LogP contribution in [0.25, 0.3) is 10.8 Å². The van der Waals surface area contributed by atoms with Crippen LogP contribution >= 0.6 is 0 Å². The molecule has 5 nitrogen and oxygen atoms in total. The van der Waals surface area contributed by atoms with Gasteiger partial charge in [0, 0.05) is 24.0 Å². The van der Waals surface area contributed by atoms with Gasteiger partial charge in [0.2, 0.25) is 5.91 Å². The van der Waals surface area contributed by atoms with Crippen molar-refractivity contribution in [2.24, 2.45) is 0 Å². The average Bonchev–Trinajstić information content (AvgIpc) is 3.13. The number of carbonyl (C=O) groups excluding carboxylic acids is 1. The van der Waals surface area contributed by atoms with E-state index in [1.807, 2.05) is 59.5 Å². The number of nitriles is 1. The van der Waals surface area contributed by atoms with Crippen LogP contribution < -0.4 is 5.32 Å². The lowest BCUT2D eigenvalue weighted by Gasteiger charge is -2.19. The third kappa shape index (κ3) is 4.46. The summed E-state index contributed by atoms with van der Waals surface area (Å²) in [6.45, 7) is 1.21. The molecule has 3 aromatic rings. The molecule has 1 amide bonds. The average molecular weight is 333 g/mol. The van der Waals surface area contributed by atoms with Gasteiger partial charge in [0.25, 0.3) is 0 Å². The highest BCUT2D eigenvalue weighted by Crippen LogP contribution is 2.22. The van der Waals surface area contributed by atoms with Gasteiger partial charge in [-0.15, -0.1) is 0 Å². The maximum absolute atomic E-state index is 12.5. The molecule has 1 heterocycles. The van der Waals surface area contributed by atoms with Crippen LogP contribution in [0.5, 0.6) is 0 Å². The quantitative estimate of drug-likeness (QED) is 0.714. The van der Waals surface area contributed by atoms with E-state index < -0.39 is 0 Å². The standard InChI is InChI=1S/C20H19N3O2/c21-11-5-12-23(14-17-8-4-13-25-17)15-20(24)22-19-10-3-7-16-6-1-2-9-18(16)19/h1-4,6-10,13H,5,12,14-15H2,(H,22,24). The molecule has 0 bridgehead atoms. The second-order valence-corrected chi connectivity index (χ2v) is 5.77. The molecular weight excluding hydrogens is 314 g/mol. The SMILES string of the molecule is N#CCCN(CC(=O)Nc1cccc2ccccc12)Cc1ccco1. The molecule has 1 N–H and O–H groups in total. The van der Waals surface area contributed by atoms with Gasteiger partial charge < -0.3 is 9.73 Å². The van der Waals surface area contributed by atoms with Gasteiger partial charge in [-0.25, -0.2) is 0 Å². The first-order chi connectivity index (χ1) is 12.3. The summed E-state index contributed by atoms with van der Waals surface area (Å²) in [4.78, 5) is 14.4. The molecule has 0 fully saturated rings. The summed E-state index contributed by atoms with van der Waals surface area (Å²) in [6.07, 6.45) is 1.97. The van der Waals surface area contributed by atoms with Crippen LogP contribution in [-0.2, 0) is 11.3 Å². The van der Waals surface area contributed by atoms with Crippen LogP contribution in [0.1, 0.15) is 12.2 Å². The van der Waals surface area contributed by atoms with Crippen LogP contribution in [-0.4, -0.2) is 23.9 Å². The first kappa shape index (κ1) is 16.7. The Kier molecular flexibility index (Phi) is 5.45. The summed E-state index contributed by atoms with van der Waals surface area (Å²) < 4.78 is 5.35. The van der Waals surface area contributed by atoms with E-state index in [9.17, 15) is 4.79 Å². The van der Waals surface area contributed by atoms with Gasteiger partial charge in [0.05, 0.1) is 25.4 Å². The molecule has 0 radical (unpaired) electrons. The zero-order valence-corrected chi connectivity index (χ0v) is 13.8. The monoisotopic (exact) mass is 333 g/mol. The minimum atomic E-state index is -0.110. The van der Waals surface area contributed by atoms with Crippen LogP contribution in [0.3, 0.4) is 0 Å². The van der Waals surface area contributed by atoms with E-state index in [2.05, 4.69) is 11.4 Å². The molecule has 2 aromatic carbocycles. The van der Waals surface area contributed by atoms with E-state index in [1.165, 1.54) is 0 Å². The van der Waals surface area contributed by atoms with Gasteiger partial charge in [-0.1, -0.05) is 36.4 Å². The van der Waals surface area contributed by atoms with E-state index in [-0.39, 0.29) is 12.5 Å². The van der Waals surface area contributed by atoms with E-state index in [4.69, 9.17) is 9.68 Å². The summed E-state index contributed by atoms with van der Waals surface area (Å²) in [7, 11) is 0. The molecule has 5 heteroatoms. The molecule has 0 saturated carbocycles. The first-order valence-electron chi connectivity index (χ1n) is 8.15. The van der Waals surface area contributed by atoms with Crippen molar-refractivity contribution in [1.82, 2.24) is 4.90 Å². The highest BCUT2D eigenvalue weighted by atomic mass is 16.3. The second kappa shape index (κ2) is 8.13. The molecule has 0 atom stereocenters. The van der Waals surface area contributed by atoms with Crippen LogP contribution in [0.4, 0.5) is 5.69 Å². The molecule has 0 aliphatic heterocycles. The number of nitrogens with zero attached hydrogens (tertiary/aromatic N) is 2. The molecule has 126 valence electrons. The Morgan fingerprint density at radius 3 is 2.76 bits per heavy atom. The predicted molar refractivity (Wildman–Crippen MR) is 96.8 cm³/mol. The Bertz CT molecular complexity index is 876. The van der Waals surface area contributed by atoms with E-state index in [0.29, 0.717) is 19.5 Å². The smallest absolute Gasteiger partial charge is 0.238 e. The minimum Gasteiger partial charge on any atom is -0.468 e. The van der Waals surface area contributed by atoms with Crippen molar-refractivity contribution in [3.8, 4) is 6.07 Å². The summed E-state index contributed by atoms with van der Waals surface area (Å²) in [5, 5.41) is 13.9. The number of anilines is 1. The van der Waals surface area contributed by atoms with Gasteiger partial charge in [-0.05, 0) is 23.6 Å². The number of benzene rings is 2. The van der Waals surface area contributed by atoms with Crippen LogP contribution in [0.2, 0.25) is 0 Å². The molecule has 0 unspecified atom stereocenters. The fourth-order valence-corrected chi connectivity index (χ4v) is 2.77. The number of amides is 1. The maximum Gasteiger partial charge on any atom is 0.238 e. The van der Waals surface area contributed by atoms with Gasteiger partial charge in [0.15, 0.2) is 0 Å². The first-order valence-corrected chi connectivity index (χ1v) is 8.15. The fourth-order valence-electron chi connectivity index (χ4n) is 2.77. The number of furan rings is 1. The van der Waals surface area contributed by atoms with Crippen molar-refractivity contribution in [1.29, 1.82) is 5.26 Å². The topological polar surface area (TPSA) is 69.3 Å². The van der Waals surface area contributed by atoms with Crippen LogP contribution in [0, 0.1) is 11.3 Å². The maximum atomic E-state index is 12.5. The lowest BCUT2D eigenvalue weighted by atomic mass is 10.1. The predicted octanol–water partition coefficient (Wildman–Crippen LogP) is 3.79. The van der Waals surface area contributed by atoms with E-state index in [0.717, 1.165) is 22.2 Å². The van der Waals surface area contributed by atoms with Crippen molar-refractivity contribution >= 4 is 22.4 Å². The third-order valence-electron chi connectivity index (χ3n) is 3.93. The van der Waals surface area contributed by atoms with Crippen molar-refractivity contribution in [2.75, 3.05) is 18.4 Å². The van der Waals surface area contributed by atoms with Crippen molar-refractivity contribution in [2.45, 2.75) is 13.0 Å². The van der Waals surface area contributed by atoms with Crippen molar-refractivity contribution in [3.05, 3.63) is 66.6 Å². The number of hydrogen-bond acceptors (Lipinski definition) is 4. The van der Waals surface area contributed by atoms with E-state index in [1.54, 1.807) is 6.26 Å². The number of nitrogens with one attached hydrogen (secondary N) is 1. The molecule has 0 saturated heterocycles. The lowest BCUT2D eigenvalue weighted by molar-refractivity contribution is -0.117. The van der Waals surface area contributed by atoms with Gasteiger partial charge in [-0.3, -0.25) is 9.69 Å². The Hall–Kier alpha value is -3.10. The molecule has 3 rings (SSSR count). The number of fused-ring (bicyclic) bond motifs is 1. The summed E-state index contributed by atoms with van der Waals surface area (Å²) >= 11 is 0. The lowest BCUT2D eigenvalue weighted by Crippen LogP contribution is -2.33. The Balaban J connectivity index is 1.69. The second-order valence-electron chi connectivity index (χ2n) is 5.77. The number of hydrogen-bond donors (Lipinski definition) is 1. The molecule has 0 spiro atoms. The zero-order chi connectivity index (χ0) is 17.5.